The molecule has 1 aromatic carbocycles. The molecule has 0 saturated carbocycles. The van der Waals surface area contributed by atoms with Crippen LogP contribution in [-0.2, 0) is 0 Å². The molecule has 0 unspecified atom stereocenters. The zero-order valence-electron chi connectivity index (χ0n) is 9.16. The maximum absolute atomic E-state index is 3.40. The van der Waals surface area contributed by atoms with Crippen molar-refractivity contribution >= 4 is 5.69 Å². The van der Waals surface area contributed by atoms with E-state index in [4.69, 9.17) is 0 Å². The first-order valence-electron chi connectivity index (χ1n) is 5.43. The van der Waals surface area contributed by atoms with Crippen molar-refractivity contribution in [2.75, 3.05) is 18.5 Å². The van der Waals surface area contributed by atoms with E-state index >= 15 is 0 Å². The summed E-state index contributed by atoms with van der Waals surface area (Å²) in [5, 5.41) is 2.25. The quantitative estimate of drug-likeness (QED) is 0.697. The highest BCUT2D eigenvalue weighted by Gasteiger charge is 1.99. The molecule has 1 aromatic rings. The molecule has 0 spiro atoms. The monoisotopic (exact) mass is 192 g/mol. The third kappa shape index (κ3) is 3.79. The highest BCUT2D eigenvalue weighted by atomic mass is 15.5. The molecule has 0 heterocycles. The number of nitrogens with one attached hydrogen (secondary N) is 1. The lowest BCUT2D eigenvalue weighted by atomic mass is 10.3. The zero-order chi connectivity index (χ0) is 10.2. The minimum absolute atomic E-state index is 1.04. The van der Waals surface area contributed by atoms with Gasteiger partial charge in [-0.15, -0.1) is 0 Å². The molecule has 1 rings (SSSR count). The number of para-hydroxylation sites is 1. The molecule has 0 saturated heterocycles. The molecule has 2 nitrogen and oxygen atoms in total. The van der Waals surface area contributed by atoms with Crippen LogP contribution in [0.25, 0.3) is 0 Å². The summed E-state index contributed by atoms with van der Waals surface area (Å²) in [4.78, 5) is 0. The summed E-state index contributed by atoms with van der Waals surface area (Å²) in [5.74, 6) is 0. The smallest absolute Gasteiger partial charge is 0.0490 e. The van der Waals surface area contributed by atoms with E-state index in [1.165, 1.54) is 18.5 Å². The SMILES string of the molecule is CCCCN(CC)Nc1ccccc1. The molecule has 0 amide bonds. The summed E-state index contributed by atoms with van der Waals surface area (Å²) >= 11 is 0. The highest BCUT2D eigenvalue weighted by molar-refractivity contribution is 5.41. The molecule has 0 fully saturated rings. The number of benzene rings is 1. The topological polar surface area (TPSA) is 15.3 Å². The van der Waals surface area contributed by atoms with Gasteiger partial charge in [0.25, 0.3) is 0 Å². The largest absolute Gasteiger partial charge is 0.319 e. The van der Waals surface area contributed by atoms with Crippen LogP contribution < -0.4 is 5.43 Å². The van der Waals surface area contributed by atoms with E-state index < -0.39 is 0 Å². The van der Waals surface area contributed by atoms with E-state index in [1.54, 1.807) is 0 Å². The number of hydrogen-bond donors (Lipinski definition) is 1. The van der Waals surface area contributed by atoms with E-state index in [1.807, 2.05) is 6.07 Å². The van der Waals surface area contributed by atoms with Crippen LogP contribution in [0, 0.1) is 0 Å². The van der Waals surface area contributed by atoms with Gasteiger partial charge in [0.1, 0.15) is 0 Å². The number of hydrazine groups is 1. The van der Waals surface area contributed by atoms with Crippen molar-refractivity contribution < 1.29 is 0 Å². The Morgan fingerprint density at radius 3 is 2.43 bits per heavy atom. The second kappa shape index (κ2) is 6.44. The lowest BCUT2D eigenvalue weighted by Crippen LogP contribution is -2.30. The predicted molar refractivity (Wildman–Crippen MR) is 62.2 cm³/mol. The Balaban J connectivity index is 2.40. The number of unbranched alkanes of at least 4 members (excludes halogenated alkanes) is 1. The van der Waals surface area contributed by atoms with Crippen molar-refractivity contribution in [1.29, 1.82) is 0 Å². The predicted octanol–water partition coefficient (Wildman–Crippen LogP) is 3.14. The van der Waals surface area contributed by atoms with E-state index in [0.29, 0.717) is 0 Å². The van der Waals surface area contributed by atoms with Crippen molar-refractivity contribution in [3.05, 3.63) is 30.3 Å². The normalized spacial score (nSPS) is 10.5. The Kier molecular flexibility index (Phi) is 5.08. The standard InChI is InChI=1S/C12H20N2/c1-3-5-11-14(4-2)13-12-9-7-6-8-10-12/h6-10,13H,3-5,11H2,1-2H3. The molecular weight excluding hydrogens is 172 g/mol. The van der Waals surface area contributed by atoms with Gasteiger partial charge in [-0.3, -0.25) is 0 Å². The van der Waals surface area contributed by atoms with Crippen molar-refractivity contribution in [1.82, 2.24) is 5.01 Å². The summed E-state index contributed by atoms with van der Waals surface area (Å²) in [6, 6.07) is 10.3. The molecule has 0 aromatic heterocycles. The molecule has 78 valence electrons. The minimum Gasteiger partial charge on any atom is -0.319 e. The third-order valence-corrected chi connectivity index (χ3v) is 2.22. The molecule has 2 heteroatoms. The van der Waals surface area contributed by atoms with Gasteiger partial charge >= 0.3 is 0 Å². The van der Waals surface area contributed by atoms with Gasteiger partial charge in [-0.1, -0.05) is 38.5 Å². The Hall–Kier alpha value is -1.02. The van der Waals surface area contributed by atoms with Crippen LogP contribution >= 0.6 is 0 Å². The second-order valence-electron chi connectivity index (χ2n) is 3.41. The second-order valence-corrected chi connectivity index (χ2v) is 3.41. The first kappa shape index (κ1) is 11.1. The highest BCUT2D eigenvalue weighted by Crippen LogP contribution is 2.06. The Morgan fingerprint density at radius 2 is 1.86 bits per heavy atom. The number of nitrogens with zero attached hydrogens (tertiary/aromatic N) is 1. The summed E-state index contributed by atoms with van der Waals surface area (Å²) in [7, 11) is 0. The third-order valence-electron chi connectivity index (χ3n) is 2.22. The van der Waals surface area contributed by atoms with Crippen LogP contribution in [0.3, 0.4) is 0 Å². The summed E-state index contributed by atoms with van der Waals surface area (Å²) < 4.78 is 0. The number of rotatable bonds is 6. The van der Waals surface area contributed by atoms with Crippen LogP contribution in [0.15, 0.2) is 30.3 Å². The van der Waals surface area contributed by atoms with Crippen molar-refractivity contribution in [3.63, 3.8) is 0 Å². The van der Waals surface area contributed by atoms with Crippen molar-refractivity contribution in [2.45, 2.75) is 26.7 Å². The molecule has 0 radical (unpaired) electrons. The molecule has 0 aliphatic rings. The van der Waals surface area contributed by atoms with Crippen molar-refractivity contribution in [3.8, 4) is 0 Å². The van der Waals surface area contributed by atoms with Crippen LogP contribution in [0.4, 0.5) is 5.69 Å². The van der Waals surface area contributed by atoms with Gasteiger partial charge in [0.15, 0.2) is 0 Å². The average Bonchev–Trinajstić information content (AvgIpc) is 2.25. The molecule has 0 aliphatic heterocycles. The summed E-state index contributed by atoms with van der Waals surface area (Å²) in [6.45, 7) is 6.54. The van der Waals surface area contributed by atoms with Gasteiger partial charge in [0.2, 0.25) is 0 Å². The molecule has 0 bridgehead atoms. The van der Waals surface area contributed by atoms with Crippen LogP contribution in [-0.4, -0.2) is 18.1 Å². The average molecular weight is 192 g/mol. The maximum atomic E-state index is 3.40. The molecule has 14 heavy (non-hydrogen) atoms. The first-order valence-corrected chi connectivity index (χ1v) is 5.43. The van der Waals surface area contributed by atoms with E-state index in [-0.39, 0.29) is 0 Å². The zero-order valence-corrected chi connectivity index (χ0v) is 9.16. The van der Waals surface area contributed by atoms with Crippen molar-refractivity contribution in [2.24, 2.45) is 0 Å². The lowest BCUT2D eigenvalue weighted by molar-refractivity contribution is 0.340. The van der Waals surface area contributed by atoms with Crippen LogP contribution in [0.2, 0.25) is 0 Å². The molecule has 1 N–H and O–H groups in total. The van der Waals surface area contributed by atoms with E-state index in [2.05, 4.69) is 48.5 Å². The number of hydrogen-bond acceptors (Lipinski definition) is 2. The summed E-state index contributed by atoms with van der Waals surface area (Å²) in [5.41, 5.74) is 4.57. The van der Waals surface area contributed by atoms with Crippen LogP contribution in [0.5, 0.6) is 0 Å². The Morgan fingerprint density at radius 1 is 1.14 bits per heavy atom. The van der Waals surface area contributed by atoms with Gasteiger partial charge in [0.05, 0.1) is 0 Å². The summed E-state index contributed by atoms with van der Waals surface area (Å²) in [6.07, 6.45) is 2.49. The van der Waals surface area contributed by atoms with Gasteiger partial charge < -0.3 is 5.43 Å². The number of anilines is 1. The van der Waals surface area contributed by atoms with E-state index in [9.17, 15) is 0 Å². The molecular formula is C12H20N2. The Bertz CT molecular complexity index is 233. The minimum atomic E-state index is 1.04. The van der Waals surface area contributed by atoms with Gasteiger partial charge in [0, 0.05) is 18.8 Å². The van der Waals surface area contributed by atoms with Gasteiger partial charge in [-0.05, 0) is 18.6 Å². The van der Waals surface area contributed by atoms with Crippen LogP contribution in [0.1, 0.15) is 26.7 Å². The van der Waals surface area contributed by atoms with E-state index in [0.717, 1.165) is 13.1 Å². The molecule has 0 atom stereocenters. The fourth-order valence-electron chi connectivity index (χ4n) is 1.34. The first-order chi connectivity index (χ1) is 6.86. The Labute approximate surface area is 86.9 Å². The molecule has 0 aliphatic carbocycles. The van der Waals surface area contributed by atoms with Gasteiger partial charge in [-0.2, -0.15) is 0 Å². The maximum Gasteiger partial charge on any atom is 0.0490 e. The lowest BCUT2D eigenvalue weighted by Gasteiger charge is -2.22. The fraction of sp³-hybridized carbons (Fsp3) is 0.500. The fourth-order valence-corrected chi connectivity index (χ4v) is 1.34. The van der Waals surface area contributed by atoms with Gasteiger partial charge in [-0.25, -0.2) is 5.01 Å².